The van der Waals surface area contributed by atoms with Crippen molar-refractivity contribution in [2.75, 3.05) is 6.54 Å². The van der Waals surface area contributed by atoms with E-state index in [0.29, 0.717) is 25.8 Å². The summed E-state index contributed by atoms with van der Waals surface area (Å²) in [6.45, 7) is 0.550. The highest BCUT2D eigenvalue weighted by Gasteiger charge is 2.55. The van der Waals surface area contributed by atoms with Crippen LogP contribution in [0.1, 0.15) is 25.7 Å². The zero-order chi connectivity index (χ0) is 9.47. The van der Waals surface area contributed by atoms with Gasteiger partial charge in [-0.2, -0.15) is 0 Å². The Labute approximate surface area is 74.5 Å². The molecule has 2 saturated heterocycles. The molecule has 13 heavy (non-hydrogen) atoms. The third-order valence-corrected chi connectivity index (χ3v) is 2.99. The van der Waals surface area contributed by atoms with Crippen molar-refractivity contribution in [3.63, 3.8) is 0 Å². The lowest BCUT2D eigenvalue weighted by atomic mass is 9.94. The molecule has 0 aliphatic carbocycles. The topological polar surface area (TPSA) is 46.6 Å². The lowest BCUT2D eigenvalue weighted by Crippen LogP contribution is -2.47. The van der Waals surface area contributed by atoms with Crippen molar-refractivity contribution in [3.05, 3.63) is 0 Å². The first kappa shape index (κ1) is 8.47. The molecular formula is C8H10FNO3. The number of hydrogen-bond acceptors (Lipinski definition) is 3. The molecule has 72 valence electrons. The van der Waals surface area contributed by atoms with Crippen molar-refractivity contribution in [2.24, 2.45) is 0 Å². The van der Waals surface area contributed by atoms with Gasteiger partial charge < -0.3 is 4.90 Å². The first-order chi connectivity index (χ1) is 6.20. The van der Waals surface area contributed by atoms with E-state index in [1.54, 1.807) is 0 Å². The Morgan fingerprint density at radius 1 is 1.54 bits per heavy atom. The van der Waals surface area contributed by atoms with Gasteiger partial charge in [0.1, 0.15) is 5.54 Å². The van der Waals surface area contributed by atoms with Crippen LogP contribution in [0.4, 0.5) is 4.53 Å². The number of amides is 1. The summed E-state index contributed by atoms with van der Waals surface area (Å²) in [6, 6.07) is 0. The Hall–Kier alpha value is -1.13. The molecule has 0 aromatic carbocycles. The Balaban J connectivity index is 2.30. The minimum absolute atomic E-state index is 0.0668. The van der Waals surface area contributed by atoms with Crippen LogP contribution in [0.3, 0.4) is 0 Å². The summed E-state index contributed by atoms with van der Waals surface area (Å²) in [5, 5.41) is 0. The Bertz CT molecular complexity index is 268. The van der Waals surface area contributed by atoms with E-state index in [-0.39, 0.29) is 5.91 Å². The Kier molecular flexibility index (Phi) is 1.75. The molecule has 2 rings (SSSR count). The number of fused-ring (bicyclic) bond motifs is 1. The summed E-state index contributed by atoms with van der Waals surface area (Å²) >= 11 is 0. The third-order valence-electron chi connectivity index (χ3n) is 2.99. The van der Waals surface area contributed by atoms with Gasteiger partial charge in [0, 0.05) is 17.5 Å². The molecule has 1 amide bonds. The smallest absolute Gasteiger partial charge is 0.326 e. The fourth-order valence-electron chi connectivity index (χ4n) is 2.34. The van der Waals surface area contributed by atoms with Crippen LogP contribution in [0.25, 0.3) is 0 Å². The molecule has 2 aliphatic heterocycles. The highest BCUT2D eigenvalue weighted by atomic mass is 19.3. The Morgan fingerprint density at radius 3 is 3.00 bits per heavy atom. The maximum atomic E-state index is 11.8. The first-order valence-corrected chi connectivity index (χ1v) is 4.34. The van der Waals surface area contributed by atoms with Crippen LogP contribution in [-0.2, 0) is 14.5 Å². The molecule has 0 saturated carbocycles. The fourth-order valence-corrected chi connectivity index (χ4v) is 2.34. The van der Waals surface area contributed by atoms with E-state index in [0.717, 1.165) is 6.42 Å². The van der Waals surface area contributed by atoms with E-state index in [9.17, 15) is 14.1 Å². The van der Waals surface area contributed by atoms with Gasteiger partial charge in [-0.25, -0.2) is 4.79 Å². The van der Waals surface area contributed by atoms with Gasteiger partial charge >= 0.3 is 5.97 Å². The molecule has 0 N–H and O–H groups in total. The van der Waals surface area contributed by atoms with E-state index >= 15 is 0 Å². The second-order valence-electron chi connectivity index (χ2n) is 3.55. The molecular weight excluding hydrogens is 177 g/mol. The van der Waals surface area contributed by atoms with Crippen molar-refractivity contribution in [1.82, 2.24) is 4.90 Å². The summed E-state index contributed by atoms with van der Waals surface area (Å²) in [6.07, 6.45) is 2.01. The van der Waals surface area contributed by atoms with Crippen LogP contribution in [0, 0.1) is 0 Å². The lowest BCUT2D eigenvalue weighted by Gasteiger charge is -2.26. The highest BCUT2D eigenvalue weighted by molar-refractivity contribution is 5.92. The number of rotatable bonds is 1. The van der Waals surface area contributed by atoms with Crippen LogP contribution in [-0.4, -0.2) is 28.9 Å². The normalized spacial score (nSPS) is 32.1. The zero-order valence-corrected chi connectivity index (χ0v) is 7.09. The van der Waals surface area contributed by atoms with Crippen LogP contribution < -0.4 is 0 Å². The number of carbonyl (C=O) groups is 2. The fraction of sp³-hybridized carbons (Fsp3) is 0.750. The molecule has 1 unspecified atom stereocenters. The lowest BCUT2D eigenvalue weighted by molar-refractivity contribution is -0.196. The van der Waals surface area contributed by atoms with E-state index < -0.39 is 11.5 Å². The van der Waals surface area contributed by atoms with Gasteiger partial charge in [0.05, 0.1) is 0 Å². The standard InChI is InChI=1S/C8H10FNO3/c9-13-7(12)8-3-1-5-10(8)6(11)2-4-8/h1-5H2. The molecule has 2 fully saturated rings. The minimum atomic E-state index is -0.966. The van der Waals surface area contributed by atoms with Gasteiger partial charge in [0.25, 0.3) is 0 Å². The SMILES string of the molecule is O=C1CCC2(C(=O)OF)CCCN12. The molecule has 0 spiro atoms. The molecule has 0 aromatic rings. The van der Waals surface area contributed by atoms with Gasteiger partial charge in [-0.1, -0.05) is 0 Å². The molecule has 0 aromatic heterocycles. The summed E-state index contributed by atoms with van der Waals surface area (Å²) in [5.41, 5.74) is -0.966. The highest BCUT2D eigenvalue weighted by Crippen LogP contribution is 2.40. The molecule has 4 nitrogen and oxygen atoms in total. The summed E-state index contributed by atoms with van der Waals surface area (Å²) in [4.78, 5) is 27.2. The van der Waals surface area contributed by atoms with Gasteiger partial charge in [0.15, 0.2) is 0 Å². The first-order valence-electron chi connectivity index (χ1n) is 4.34. The monoisotopic (exact) mass is 187 g/mol. The van der Waals surface area contributed by atoms with E-state index in [1.165, 1.54) is 4.90 Å². The van der Waals surface area contributed by atoms with Crippen LogP contribution in [0.5, 0.6) is 0 Å². The van der Waals surface area contributed by atoms with Crippen LogP contribution in [0.2, 0.25) is 0 Å². The average Bonchev–Trinajstić information content (AvgIpc) is 2.67. The zero-order valence-electron chi connectivity index (χ0n) is 7.09. The van der Waals surface area contributed by atoms with E-state index in [1.807, 2.05) is 0 Å². The molecule has 0 bridgehead atoms. The number of halogens is 1. The third kappa shape index (κ3) is 0.959. The summed E-state index contributed by atoms with van der Waals surface area (Å²) in [5.74, 6) is -0.973. The van der Waals surface area contributed by atoms with Crippen molar-refractivity contribution in [3.8, 4) is 0 Å². The Morgan fingerprint density at radius 2 is 2.31 bits per heavy atom. The predicted molar refractivity (Wildman–Crippen MR) is 40.1 cm³/mol. The second-order valence-corrected chi connectivity index (χ2v) is 3.55. The summed E-state index contributed by atoms with van der Waals surface area (Å²) < 4.78 is 11.8. The van der Waals surface area contributed by atoms with Gasteiger partial charge in [0.2, 0.25) is 5.91 Å². The predicted octanol–water partition coefficient (Wildman–Crippen LogP) is 0.569. The van der Waals surface area contributed by atoms with Crippen LogP contribution in [0.15, 0.2) is 0 Å². The van der Waals surface area contributed by atoms with Crippen molar-refractivity contribution in [1.29, 1.82) is 0 Å². The van der Waals surface area contributed by atoms with Crippen molar-refractivity contribution in [2.45, 2.75) is 31.2 Å². The van der Waals surface area contributed by atoms with E-state index in [4.69, 9.17) is 0 Å². The van der Waals surface area contributed by atoms with Crippen LogP contribution >= 0.6 is 0 Å². The molecule has 1 atom stereocenters. The maximum absolute atomic E-state index is 11.8. The van der Waals surface area contributed by atoms with Gasteiger partial charge in [-0.05, 0) is 19.3 Å². The molecule has 2 heterocycles. The minimum Gasteiger partial charge on any atom is -0.326 e. The largest absolute Gasteiger partial charge is 0.374 e. The van der Waals surface area contributed by atoms with Crippen molar-refractivity contribution >= 4 is 11.9 Å². The quantitative estimate of drug-likeness (QED) is 0.602. The maximum Gasteiger partial charge on any atom is 0.374 e. The number of nitrogens with zero attached hydrogens (tertiary/aromatic N) is 1. The number of hydrogen-bond donors (Lipinski definition) is 0. The van der Waals surface area contributed by atoms with E-state index in [2.05, 4.69) is 4.94 Å². The second kappa shape index (κ2) is 2.68. The van der Waals surface area contributed by atoms with Gasteiger partial charge in [-0.15, -0.1) is 0 Å². The average molecular weight is 187 g/mol. The summed E-state index contributed by atoms with van der Waals surface area (Å²) in [7, 11) is 0. The number of carbonyl (C=O) groups excluding carboxylic acids is 2. The molecule has 5 heteroatoms. The molecule has 2 aliphatic rings. The molecule has 0 radical (unpaired) electrons. The van der Waals surface area contributed by atoms with Crippen molar-refractivity contribution < 1.29 is 19.1 Å². The van der Waals surface area contributed by atoms with Gasteiger partial charge in [-0.3, -0.25) is 9.74 Å².